The van der Waals surface area contributed by atoms with Crippen molar-refractivity contribution < 1.29 is 69.6 Å². The molecule has 0 aromatic carbocycles. The summed E-state index contributed by atoms with van der Waals surface area (Å²) in [5.74, 6) is 0. The molecule has 0 aliphatic carbocycles. The Balaban J connectivity index is 1.78. The predicted molar refractivity (Wildman–Crippen MR) is 98.5 cm³/mol. The van der Waals surface area contributed by atoms with Crippen molar-refractivity contribution in [3.63, 3.8) is 0 Å². The number of ether oxygens (including phenoxy) is 5. The quantitative estimate of drug-likeness (QED) is 0.176. The highest BCUT2D eigenvalue weighted by molar-refractivity contribution is 4.93. The molecule has 9 N–H and O–H groups in total. The van der Waals surface area contributed by atoms with E-state index >= 15 is 0 Å². The summed E-state index contributed by atoms with van der Waals surface area (Å²) in [6, 6.07) is 0. The Kier molecular flexibility index (Phi) is 8.79. The fourth-order valence-electron chi connectivity index (χ4n) is 3.99. The summed E-state index contributed by atoms with van der Waals surface area (Å²) >= 11 is 0. The van der Waals surface area contributed by atoms with Crippen LogP contribution < -0.4 is 0 Å². The SMILES string of the molecule is C[C@@H]1O[C@@H](O[C@@H]2C[C@H](O)O[C@H](CO)[C@H]2O[C@@H]2O[C@H](CO)[C@H](O)[C@H](O)[C@H]2O)[C@@H](O)[C@H](O)[C@@H]1O. The summed E-state index contributed by atoms with van der Waals surface area (Å²) in [6.07, 6.45) is -20.1. The molecule has 0 amide bonds. The minimum Gasteiger partial charge on any atom is -0.394 e. The Hall–Kier alpha value is -0.560. The van der Waals surface area contributed by atoms with E-state index in [-0.39, 0.29) is 6.42 Å². The van der Waals surface area contributed by atoms with E-state index in [1.165, 1.54) is 6.92 Å². The zero-order valence-electron chi connectivity index (χ0n) is 17.3. The van der Waals surface area contributed by atoms with Gasteiger partial charge in [0.25, 0.3) is 0 Å². The van der Waals surface area contributed by atoms with Gasteiger partial charge in [0, 0.05) is 6.42 Å². The highest BCUT2D eigenvalue weighted by Gasteiger charge is 2.50. The molecule has 0 spiro atoms. The van der Waals surface area contributed by atoms with Crippen LogP contribution in [0.1, 0.15) is 13.3 Å². The smallest absolute Gasteiger partial charge is 0.187 e. The molecule has 3 saturated heterocycles. The average Bonchev–Trinajstić information content (AvgIpc) is 2.77. The fourth-order valence-corrected chi connectivity index (χ4v) is 3.99. The number of aliphatic hydroxyl groups is 9. The van der Waals surface area contributed by atoms with Gasteiger partial charge in [-0.25, -0.2) is 0 Å². The van der Waals surface area contributed by atoms with Gasteiger partial charge in [-0.05, 0) is 6.92 Å². The topological polar surface area (TPSA) is 228 Å². The van der Waals surface area contributed by atoms with Crippen LogP contribution in [0.25, 0.3) is 0 Å². The number of hydrogen-bond acceptors (Lipinski definition) is 14. The third kappa shape index (κ3) is 5.24. The lowest BCUT2D eigenvalue weighted by atomic mass is 9.97. The number of aliphatic hydroxyl groups excluding tert-OH is 9. The fraction of sp³-hybridized carbons (Fsp3) is 1.00. The Morgan fingerprint density at radius 3 is 1.81 bits per heavy atom. The molecule has 0 aromatic rings. The van der Waals surface area contributed by atoms with E-state index in [4.69, 9.17) is 23.7 Å². The van der Waals surface area contributed by atoms with Crippen molar-refractivity contribution >= 4 is 0 Å². The van der Waals surface area contributed by atoms with Gasteiger partial charge < -0.3 is 69.6 Å². The second-order valence-electron chi connectivity index (χ2n) is 8.20. The number of rotatable bonds is 6. The first-order valence-corrected chi connectivity index (χ1v) is 10.3. The summed E-state index contributed by atoms with van der Waals surface area (Å²) in [4.78, 5) is 0. The summed E-state index contributed by atoms with van der Waals surface area (Å²) in [7, 11) is 0. The van der Waals surface area contributed by atoms with E-state index < -0.39 is 99.2 Å². The van der Waals surface area contributed by atoms with Gasteiger partial charge in [-0.2, -0.15) is 0 Å². The lowest BCUT2D eigenvalue weighted by molar-refractivity contribution is -0.366. The van der Waals surface area contributed by atoms with E-state index in [1.807, 2.05) is 0 Å². The summed E-state index contributed by atoms with van der Waals surface area (Å²) in [6.45, 7) is 0.104. The molecule has 0 aromatic heterocycles. The molecule has 3 aliphatic heterocycles. The van der Waals surface area contributed by atoms with E-state index in [0.29, 0.717) is 0 Å². The second-order valence-corrected chi connectivity index (χ2v) is 8.20. The standard InChI is InChI=1S/C18H32O14/c1-5-10(22)12(24)14(26)17(28-5)30-6-2-9(21)29-8(4-20)16(6)32-18-15(27)13(25)11(23)7(3-19)31-18/h5-27H,2-4H2,1H3/t5-,6+,7+,8+,9+,10+,11-,12+,13-,14-,15+,16-,17-,18-/m0/s1. The van der Waals surface area contributed by atoms with Crippen LogP contribution in [0.4, 0.5) is 0 Å². The molecule has 3 aliphatic rings. The van der Waals surface area contributed by atoms with Crippen LogP contribution in [-0.4, -0.2) is 145 Å². The molecule has 14 atom stereocenters. The molecule has 0 unspecified atom stereocenters. The molecule has 3 heterocycles. The third-order valence-electron chi connectivity index (χ3n) is 5.94. The van der Waals surface area contributed by atoms with Crippen molar-refractivity contribution in [3.8, 4) is 0 Å². The predicted octanol–water partition coefficient (Wildman–Crippen LogP) is -5.52. The molecule has 3 fully saturated rings. The molecule has 188 valence electrons. The molecular formula is C18H32O14. The van der Waals surface area contributed by atoms with Crippen molar-refractivity contribution in [2.75, 3.05) is 13.2 Å². The van der Waals surface area contributed by atoms with Gasteiger partial charge in [0.05, 0.1) is 25.4 Å². The monoisotopic (exact) mass is 472 g/mol. The first-order chi connectivity index (χ1) is 15.1. The molecule has 32 heavy (non-hydrogen) atoms. The first-order valence-electron chi connectivity index (χ1n) is 10.3. The summed E-state index contributed by atoms with van der Waals surface area (Å²) < 4.78 is 27.4. The minimum absolute atomic E-state index is 0.238. The Morgan fingerprint density at radius 2 is 1.22 bits per heavy atom. The van der Waals surface area contributed by atoms with Gasteiger partial charge in [0.2, 0.25) is 0 Å². The maximum absolute atomic E-state index is 10.3. The van der Waals surface area contributed by atoms with E-state index in [9.17, 15) is 46.0 Å². The normalized spacial score (nSPS) is 52.7. The first kappa shape index (κ1) is 26.1. The third-order valence-corrected chi connectivity index (χ3v) is 5.94. The van der Waals surface area contributed by atoms with Crippen LogP contribution in [0, 0.1) is 0 Å². The largest absolute Gasteiger partial charge is 0.394 e. The zero-order valence-corrected chi connectivity index (χ0v) is 17.3. The van der Waals surface area contributed by atoms with Crippen LogP contribution >= 0.6 is 0 Å². The van der Waals surface area contributed by atoms with Gasteiger partial charge in [-0.3, -0.25) is 0 Å². The Morgan fingerprint density at radius 1 is 0.656 bits per heavy atom. The van der Waals surface area contributed by atoms with Crippen molar-refractivity contribution in [1.29, 1.82) is 0 Å². The Labute approximate surface area is 183 Å². The molecule has 0 bridgehead atoms. The lowest BCUT2D eigenvalue weighted by Gasteiger charge is -2.46. The van der Waals surface area contributed by atoms with Crippen molar-refractivity contribution in [3.05, 3.63) is 0 Å². The van der Waals surface area contributed by atoms with Crippen LogP contribution in [0.5, 0.6) is 0 Å². The summed E-state index contributed by atoms with van der Waals surface area (Å²) in [5.41, 5.74) is 0. The lowest BCUT2D eigenvalue weighted by Crippen LogP contribution is -2.63. The highest BCUT2D eigenvalue weighted by atomic mass is 16.7. The molecule has 14 heteroatoms. The van der Waals surface area contributed by atoms with E-state index in [0.717, 1.165) is 0 Å². The van der Waals surface area contributed by atoms with Crippen LogP contribution in [0.2, 0.25) is 0 Å². The minimum atomic E-state index is -1.74. The highest BCUT2D eigenvalue weighted by Crippen LogP contribution is 2.32. The van der Waals surface area contributed by atoms with Crippen LogP contribution in [0.3, 0.4) is 0 Å². The van der Waals surface area contributed by atoms with Gasteiger partial charge in [-0.1, -0.05) is 0 Å². The Bertz CT molecular complexity index is 594. The van der Waals surface area contributed by atoms with Crippen LogP contribution in [0.15, 0.2) is 0 Å². The maximum atomic E-state index is 10.3. The van der Waals surface area contributed by atoms with Gasteiger partial charge >= 0.3 is 0 Å². The molecular weight excluding hydrogens is 440 g/mol. The molecule has 14 nitrogen and oxygen atoms in total. The van der Waals surface area contributed by atoms with Gasteiger partial charge in [0.1, 0.15) is 54.9 Å². The molecule has 0 radical (unpaired) electrons. The molecule has 0 saturated carbocycles. The second kappa shape index (κ2) is 10.8. The van der Waals surface area contributed by atoms with Crippen molar-refractivity contribution in [2.24, 2.45) is 0 Å². The van der Waals surface area contributed by atoms with Crippen molar-refractivity contribution in [1.82, 2.24) is 0 Å². The summed E-state index contributed by atoms with van der Waals surface area (Å²) in [5, 5.41) is 89.3. The van der Waals surface area contributed by atoms with Gasteiger partial charge in [0.15, 0.2) is 18.9 Å². The van der Waals surface area contributed by atoms with Crippen LogP contribution in [-0.2, 0) is 23.7 Å². The van der Waals surface area contributed by atoms with Gasteiger partial charge in [-0.15, -0.1) is 0 Å². The molecule has 3 rings (SSSR count). The van der Waals surface area contributed by atoms with E-state index in [1.54, 1.807) is 0 Å². The average molecular weight is 472 g/mol. The maximum Gasteiger partial charge on any atom is 0.187 e. The van der Waals surface area contributed by atoms with E-state index in [2.05, 4.69) is 0 Å². The van der Waals surface area contributed by atoms with Crippen molar-refractivity contribution in [2.45, 2.75) is 99.4 Å². The zero-order chi connectivity index (χ0) is 23.7. The number of hydrogen-bond donors (Lipinski definition) is 9.